The predicted octanol–water partition coefficient (Wildman–Crippen LogP) is 4.99. The highest BCUT2D eigenvalue weighted by Gasteiger charge is 2.20. The number of rotatable bonds is 5. The van der Waals surface area contributed by atoms with Crippen molar-refractivity contribution >= 4 is 39.7 Å². The molecule has 3 heterocycles. The van der Waals surface area contributed by atoms with Crippen molar-refractivity contribution in [3.05, 3.63) is 53.2 Å². The SMILES string of the molecule is Cc1cccc(Cl)c1-c1ncc2c(N)nc3ccc(NCCC4CCCN4C)cc3n12. The molecule has 1 unspecified atom stereocenters. The highest BCUT2D eigenvalue weighted by atomic mass is 35.5. The molecule has 0 radical (unpaired) electrons. The van der Waals surface area contributed by atoms with Crippen LogP contribution >= 0.6 is 11.6 Å². The Morgan fingerprint density at radius 2 is 2.10 bits per heavy atom. The van der Waals surface area contributed by atoms with Crippen LogP contribution in [0.15, 0.2) is 42.6 Å². The van der Waals surface area contributed by atoms with Gasteiger partial charge in [-0.3, -0.25) is 4.40 Å². The summed E-state index contributed by atoms with van der Waals surface area (Å²) in [6.45, 7) is 4.19. The molecule has 3 N–H and O–H groups in total. The number of nitrogens with one attached hydrogen (secondary N) is 1. The van der Waals surface area contributed by atoms with Crippen LogP contribution in [0.3, 0.4) is 0 Å². The van der Waals surface area contributed by atoms with Crippen LogP contribution in [0.4, 0.5) is 11.5 Å². The quantitative estimate of drug-likeness (QED) is 0.463. The topological polar surface area (TPSA) is 71.5 Å². The molecule has 5 rings (SSSR count). The van der Waals surface area contributed by atoms with Crippen molar-refractivity contribution in [1.29, 1.82) is 0 Å². The minimum atomic E-state index is 0.459. The van der Waals surface area contributed by atoms with Gasteiger partial charge >= 0.3 is 0 Å². The summed E-state index contributed by atoms with van der Waals surface area (Å²) in [5.74, 6) is 1.24. The summed E-state index contributed by atoms with van der Waals surface area (Å²) in [7, 11) is 2.22. The lowest BCUT2D eigenvalue weighted by Crippen LogP contribution is -2.26. The third kappa shape index (κ3) is 3.60. The number of nitrogens with two attached hydrogens (primary N) is 1. The first-order chi connectivity index (χ1) is 15.0. The molecule has 0 amide bonds. The molecule has 7 heteroatoms. The Morgan fingerprint density at radius 3 is 2.87 bits per heavy atom. The van der Waals surface area contributed by atoms with Gasteiger partial charge in [0.15, 0.2) is 0 Å². The Labute approximate surface area is 187 Å². The van der Waals surface area contributed by atoms with E-state index in [4.69, 9.17) is 17.3 Å². The van der Waals surface area contributed by atoms with Crippen LogP contribution in [-0.4, -0.2) is 45.4 Å². The number of halogens is 1. The molecule has 0 saturated carbocycles. The van der Waals surface area contributed by atoms with E-state index in [9.17, 15) is 0 Å². The zero-order valence-corrected chi connectivity index (χ0v) is 18.7. The first-order valence-corrected chi connectivity index (χ1v) is 11.2. The molecule has 1 aliphatic heterocycles. The van der Waals surface area contributed by atoms with E-state index in [0.717, 1.165) is 52.2 Å². The van der Waals surface area contributed by atoms with E-state index in [-0.39, 0.29) is 0 Å². The summed E-state index contributed by atoms with van der Waals surface area (Å²) in [5.41, 5.74) is 11.9. The van der Waals surface area contributed by atoms with Gasteiger partial charge in [0.2, 0.25) is 0 Å². The maximum absolute atomic E-state index is 6.57. The van der Waals surface area contributed by atoms with E-state index < -0.39 is 0 Å². The van der Waals surface area contributed by atoms with Crippen LogP contribution in [0.1, 0.15) is 24.8 Å². The van der Waals surface area contributed by atoms with Gasteiger partial charge in [0.05, 0.1) is 22.3 Å². The van der Waals surface area contributed by atoms with E-state index in [1.165, 1.54) is 19.4 Å². The van der Waals surface area contributed by atoms with Crippen molar-refractivity contribution in [2.45, 2.75) is 32.2 Å². The molecule has 2 aromatic heterocycles. The fraction of sp³-hybridized carbons (Fsp3) is 0.333. The lowest BCUT2D eigenvalue weighted by atomic mass is 10.1. The number of anilines is 2. The number of benzene rings is 2. The maximum Gasteiger partial charge on any atom is 0.150 e. The lowest BCUT2D eigenvalue weighted by molar-refractivity contribution is 0.301. The van der Waals surface area contributed by atoms with Crippen molar-refractivity contribution in [2.24, 2.45) is 0 Å². The Kier molecular flexibility index (Phi) is 5.20. The summed E-state index contributed by atoms with van der Waals surface area (Å²) in [5, 5.41) is 4.26. The van der Waals surface area contributed by atoms with Gasteiger partial charge in [-0.1, -0.05) is 23.7 Å². The largest absolute Gasteiger partial charge is 0.385 e. The predicted molar refractivity (Wildman–Crippen MR) is 129 cm³/mol. The average Bonchev–Trinajstić information content (AvgIpc) is 3.36. The summed E-state index contributed by atoms with van der Waals surface area (Å²) < 4.78 is 2.07. The van der Waals surface area contributed by atoms with E-state index in [1.54, 1.807) is 6.20 Å². The highest BCUT2D eigenvalue weighted by Crippen LogP contribution is 2.34. The van der Waals surface area contributed by atoms with Gasteiger partial charge in [-0.25, -0.2) is 9.97 Å². The first-order valence-electron chi connectivity index (χ1n) is 10.8. The minimum Gasteiger partial charge on any atom is -0.385 e. The number of fused-ring (bicyclic) bond motifs is 3. The second-order valence-electron chi connectivity index (χ2n) is 8.43. The number of aromatic nitrogens is 3. The third-order valence-electron chi connectivity index (χ3n) is 6.41. The molecular weight excluding hydrogens is 408 g/mol. The number of hydrogen-bond donors (Lipinski definition) is 2. The normalized spacial score (nSPS) is 17.1. The fourth-order valence-electron chi connectivity index (χ4n) is 4.69. The van der Waals surface area contributed by atoms with Crippen LogP contribution in [0.5, 0.6) is 0 Å². The summed E-state index contributed by atoms with van der Waals surface area (Å²) in [4.78, 5) is 11.7. The monoisotopic (exact) mass is 434 g/mol. The highest BCUT2D eigenvalue weighted by molar-refractivity contribution is 6.33. The van der Waals surface area contributed by atoms with E-state index in [2.05, 4.69) is 43.8 Å². The molecule has 160 valence electrons. The summed E-state index contributed by atoms with van der Waals surface area (Å²) in [6.07, 6.45) is 5.50. The summed E-state index contributed by atoms with van der Waals surface area (Å²) in [6, 6.07) is 12.8. The smallest absolute Gasteiger partial charge is 0.150 e. The van der Waals surface area contributed by atoms with Crippen LogP contribution in [-0.2, 0) is 0 Å². The zero-order chi connectivity index (χ0) is 21.5. The second-order valence-corrected chi connectivity index (χ2v) is 8.83. The molecule has 1 aliphatic rings. The molecular formula is C24H27ClN6. The molecule has 1 fully saturated rings. The van der Waals surface area contributed by atoms with Gasteiger partial charge in [0, 0.05) is 23.8 Å². The zero-order valence-electron chi connectivity index (χ0n) is 17.9. The van der Waals surface area contributed by atoms with Gasteiger partial charge in [-0.05, 0) is 69.6 Å². The molecule has 31 heavy (non-hydrogen) atoms. The minimum absolute atomic E-state index is 0.459. The van der Waals surface area contributed by atoms with Gasteiger partial charge in [-0.15, -0.1) is 0 Å². The third-order valence-corrected chi connectivity index (χ3v) is 6.72. The first kappa shape index (κ1) is 20.1. The maximum atomic E-state index is 6.57. The molecule has 0 bridgehead atoms. The van der Waals surface area contributed by atoms with Gasteiger partial charge in [0.25, 0.3) is 0 Å². The molecule has 1 saturated heterocycles. The van der Waals surface area contributed by atoms with Crippen LogP contribution < -0.4 is 11.1 Å². The Hall–Kier alpha value is -2.83. The van der Waals surface area contributed by atoms with Gasteiger partial charge < -0.3 is 16.0 Å². The Bertz CT molecular complexity index is 1240. The molecule has 1 atom stereocenters. The van der Waals surface area contributed by atoms with E-state index in [1.807, 2.05) is 31.2 Å². The molecule has 0 aliphatic carbocycles. The number of aryl methyl sites for hydroxylation is 1. The number of hydrogen-bond acceptors (Lipinski definition) is 5. The number of imidazole rings is 1. The second kappa shape index (κ2) is 8.02. The Balaban J connectivity index is 1.56. The van der Waals surface area contributed by atoms with Crippen molar-refractivity contribution in [1.82, 2.24) is 19.3 Å². The fourth-order valence-corrected chi connectivity index (χ4v) is 5.00. The summed E-state index contributed by atoms with van der Waals surface area (Å²) >= 11 is 6.57. The van der Waals surface area contributed by atoms with Crippen LogP contribution in [0.25, 0.3) is 27.9 Å². The van der Waals surface area contributed by atoms with Crippen molar-refractivity contribution < 1.29 is 0 Å². The molecule has 2 aromatic carbocycles. The van der Waals surface area contributed by atoms with E-state index in [0.29, 0.717) is 16.9 Å². The lowest BCUT2D eigenvalue weighted by Gasteiger charge is -2.19. The number of nitrogen functional groups attached to an aromatic ring is 1. The van der Waals surface area contributed by atoms with Crippen LogP contribution in [0, 0.1) is 6.92 Å². The number of likely N-dealkylation sites (tertiary alicyclic amines) is 1. The standard InChI is InChI=1S/C24H27ClN6/c1-15-5-3-7-18(25)22(15)24-28-14-21-23(26)29-19-9-8-16(13-20(19)31(21)24)27-11-10-17-6-4-12-30(17)2/h3,5,7-9,13-14,17,27H,4,6,10-12H2,1-2H3,(H2,26,29). The molecule has 6 nitrogen and oxygen atoms in total. The van der Waals surface area contributed by atoms with Crippen molar-refractivity contribution in [3.63, 3.8) is 0 Å². The van der Waals surface area contributed by atoms with Gasteiger partial charge in [0.1, 0.15) is 17.2 Å². The molecule has 0 spiro atoms. The average molecular weight is 435 g/mol. The molecule has 4 aromatic rings. The van der Waals surface area contributed by atoms with Gasteiger partial charge in [-0.2, -0.15) is 0 Å². The van der Waals surface area contributed by atoms with Crippen molar-refractivity contribution in [3.8, 4) is 11.4 Å². The van der Waals surface area contributed by atoms with E-state index >= 15 is 0 Å². The number of nitrogens with zero attached hydrogens (tertiary/aromatic N) is 4. The van der Waals surface area contributed by atoms with Crippen molar-refractivity contribution in [2.75, 3.05) is 31.2 Å². The Morgan fingerprint density at radius 1 is 1.23 bits per heavy atom. The van der Waals surface area contributed by atoms with Crippen LogP contribution in [0.2, 0.25) is 5.02 Å².